The number of likely N-dealkylation sites (N-methyl/N-ethyl adjacent to an activating group) is 1. The summed E-state index contributed by atoms with van der Waals surface area (Å²) < 4.78 is -0.352. The van der Waals surface area contributed by atoms with Gasteiger partial charge in [-0.25, -0.2) is 9.59 Å². The number of aliphatic carboxylic acids is 1. The molecule has 8 nitrogen and oxygen atoms in total. The Morgan fingerprint density at radius 3 is 2.23 bits per heavy atom. The zero-order valence-electron chi connectivity index (χ0n) is 15.0. The van der Waals surface area contributed by atoms with Crippen LogP contribution < -0.4 is 15.3 Å². The van der Waals surface area contributed by atoms with Gasteiger partial charge >= 0.3 is 11.9 Å². The van der Waals surface area contributed by atoms with Gasteiger partial charge in [-0.1, -0.05) is 29.8 Å². The molecule has 0 fully saturated rings. The van der Waals surface area contributed by atoms with Crippen LogP contribution in [-0.2, 0) is 14.4 Å². The Morgan fingerprint density at radius 1 is 1.19 bits per heavy atom. The van der Waals surface area contributed by atoms with E-state index in [2.05, 4.69) is 26.6 Å². The maximum Gasteiger partial charge on any atom is 0.332 e. The third kappa shape index (κ3) is 5.87. The monoisotopic (exact) mass is 429 g/mol. The van der Waals surface area contributed by atoms with E-state index < -0.39 is 28.5 Å². The van der Waals surface area contributed by atoms with Gasteiger partial charge in [0, 0.05) is 16.6 Å². The van der Waals surface area contributed by atoms with Crippen molar-refractivity contribution in [3.05, 3.63) is 33.9 Å². The minimum absolute atomic E-state index is 0.0166. The van der Waals surface area contributed by atoms with Gasteiger partial charge in [0.2, 0.25) is 5.91 Å². The second-order valence-corrected chi connectivity index (χ2v) is 7.07. The summed E-state index contributed by atoms with van der Waals surface area (Å²) >= 11 is 3.28. The van der Waals surface area contributed by atoms with Gasteiger partial charge in [0.15, 0.2) is 0 Å². The largest absolute Gasteiger partial charge is 0.620 e. The van der Waals surface area contributed by atoms with Crippen molar-refractivity contribution >= 4 is 39.4 Å². The quantitative estimate of drug-likeness (QED) is 0.405. The molecule has 0 aliphatic carbocycles. The number of quaternary nitrogens is 1. The zero-order valence-corrected chi connectivity index (χ0v) is 16.6. The Kier molecular flexibility index (Phi) is 8.35. The molecule has 1 aromatic rings. The fourth-order valence-electron chi connectivity index (χ4n) is 2.33. The van der Waals surface area contributed by atoms with E-state index in [4.69, 9.17) is 5.11 Å². The van der Waals surface area contributed by atoms with E-state index in [0.29, 0.717) is 5.69 Å². The predicted octanol–water partition coefficient (Wildman–Crippen LogP) is 1.62. The fraction of sp³-hybridized carbons (Fsp3) is 0.471. The highest BCUT2D eigenvalue weighted by Gasteiger charge is 2.28. The van der Waals surface area contributed by atoms with Crippen LogP contribution in [0.1, 0.15) is 20.8 Å². The number of halogens is 1. The first-order valence-electron chi connectivity index (χ1n) is 8.23. The molecule has 0 saturated heterocycles. The second kappa shape index (κ2) is 9.77. The number of carbonyl (C=O) groups is 3. The molecule has 1 rings (SSSR count). The van der Waals surface area contributed by atoms with Crippen molar-refractivity contribution in [3.63, 3.8) is 0 Å². The number of hydrogen-bond acceptors (Lipinski definition) is 5. The van der Waals surface area contributed by atoms with Crippen LogP contribution in [0.15, 0.2) is 28.7 Å². The van der Waals surface area contributed by atoms with Crippen LogP contribution in [0, 0.1) is 11.1 Å². The molecule has 2 amide bonds. The van der Waals surface area contributed by atoms with E-state index in [1.54, 1.807) is 45.0 Å². The summed E-state index contributed by atoms with van der Waals surface area (Å²) in [5, 5.41) is 26.9. The van der Waals surface area contributed by atoms with Crippen molar-refractivity contribution in [2.45, 2.75) is 26.8 Å². The van der Waals surface area contributed by atoms with Crippen LogP contribution in [-0.4, -0.2) is 48.6 Å². The van der Waals surface area contributed by atoms with Crippen LogP contribution >= 0.6 is 15.9 Å². The van der Waals surface area contributed by atoms with Gasteiger partial charge in [-0.2, -0.15) is 0 Å². The number of carboxylic acids is 1. The lowest BCUT2D eigenvalue weighted by Crippen LogP contribution is -2.54. The van der Waals surface area contributed by atoms with E-state index in [-0.39, 0.29) is 25.6 Å². The topological polar surface area (TPSA) is 119 Å². The molecular formula is C17H24BrN3O5. The Labute approximate surface area is 160 Å². The first kappa shape index (κ1) is 22.2. The Morgan fingerprint density at radius 2 is 1.77 bits per heavy atom. The molecule has 0 spiro atoms. The van der Waals surface area contributed by atoms with Crippen LogP contribution in [0.25, 0.3) is 0 Å². The highest BCUT2D eigenvalue weighted by atomic mass is 79.9. The summed E-state index contributed by atoms with van der Waals surface area (Å²) in [5.41, 5.74) is 0.303. The summed E-state index contributed by atoms with van der Waals surface area (Å²) in [6.45, 7) is 4.42. The average Bonchev–Trinajstić information content (AvgIpc) is 2.58. The van der Waals surface area contributed by atoms with Crippen molar-refractivity contribution in [3.8, 4) is 0 Å². The van der Waals surface area contributed by atoms with E-state index in [1.807, 2.05) is 0 Å². The Balaban J connectivity index is 2.63. The van der Waals surface area contributed by atoms with Gasteiger partial charge in [-0.15, -0.1) is 0 Å². The molecule has 3 N–H and O–H groups in total. The van der Waals surface area contributed by atoms with Gasteiger partial charge in [-0.3, -0.25) is 14.8 Å². The molecule has 0 aliphatic heterocycles. The molecule has 0 heterocycles. The number of amides is 2. The molecule has 0 bridgehead atoms. The maximum absolute atomic E-state index is 12.9. The van der Waals surface area contributed by atoms with Crippen molar-refractivity contribution in [2.75, 3.05) is 19.6 Å². The minimum atomic E-state index is -1.15. The number of hydroxylamine groups is 2. The normalized spacial score (nSPS) is 14.5. The predicted molar refractivity (Wildman–Crippen MR) is 102 cm³/mol. The van der Waals surface area contributed by atoms with Crippen molar-refractivity contribution in [1.82, 2.24) is 15.3 Å². The Bertz CT molecular complexity index is 650. The molecule has 0 aromatic heterocycles. The lowest BCUT2D eigenvalue weighted by molar-refractivity contribution is -0.143. The smallest absolute Gasteiger partial charge is 0.332 e. The highest BCUT2D eigenvalue weighted by molar-refractivity contribution is 9.10. The lowest BCUT2D eigenvalue weighted by Gasteiger charge is -2.38. The summed E-state index contributed by atoms with van der Waals surface area (Å²) in [6, 6.07) is 5.51. The first-order valence-corrected chi connectivity index (χ1v) is 9.02. The van der Waals surface area contributed by atoms with Gasteiger partial charge < -0.3 is 15.6 Å². The number of carbonyl (C=O) groups excluding carboxylic acids is 2. The zero-order chi connectivity index (χ0) is 19.9. The number of hydrogen-bond donors (Lipinski definition) is 3. The molecule has 2 atom stereocenters. The third-order valence-electron chi connectivity index (χ3n) is 3.90. The minimum Gasteiger partial charge on any atom is -0.620 e. The number of nitrogens with zero attached hydrogens (tertiary/aromatic N) is 1. The van der Waals surface area contributed by atoms with Crippen molar-refractivity contribution < 1.29 is 19.5 Å². The van der Waals surface area contributed by atoms with Gasteiger partial charge in [-0.05, 0) is 25.0 Å². The summed E-state index contributed by atoms with van der Waals surface area (Å²) in [6.07, 6.45) is 0. The second-order valence-electron chi connectivity index (χ2n) is 6.16. The third-order valence-corrected chi connectivity index (χ3v) is 4.43. The summed E-state index contributed by atoms with van der Waals surface area (Å²) in [5.74, 6) is -2.59. The van der Waals surface area contributed by atoms with Crippen LogP contribution in [0.5, 0.6) is 0 Å². The molecule has 26 heavy (non-hydrogen) atoms. The number of nitrogens with one attached hydrogen (secondary N) is 2. The van der Waals surface area contributed by atoms with Crippen molar-refractivity contribution in [2.24, 2.45) is 5.92 Å². The first-order chi connectivity index (χ1) is 12.1. The van der Waals surface area contributed by atoms with E-state index in [0.717, 1.165) is 4.47 Å². The molecular weight excluding hydrogens is 406 g/mol. The van der Waals surface area contributed by atoms with Crippen LogP contribution in [0.3, 0.4) is 0 Å². The number of rotatable bonds is 9. The van der Waals surface area contributed by atoms with Crippen molar-refractivity contribution in [1.29, 1.82) is 0 Å². The molecule has 1 aromatic carbocycles. The lowest BCUT2D eigenvalue weighted by atomic mass is 10.1. The molecule has 0 saturated carbocycles. The maximum atomic E-state index is 12.9. The highest BCUT2D eigenvalue weighted by Crippen LogP contribution is 2.24. The van der Waals surface area contributed by atoms with Gasteiger partial charge in [0.1, 0.15) is 18.3 Å². The molecule has 144 valence electrons. The van der Waals surface area contributed by atoms with Gasteiger partial charge in [0.25, 0.3) is 0 Å². The van der Waals surface area contributed by atoms with Crippen LogP contribution in [0.2, 0.25) is 0 Å². The average molecular weight is 430 g/mol. The number of carboxylic acid groups (broad SMARTS) is 1. The molecule has 2 unspecified atom stereocenters. The summed E-state index contributed by atoms with van der Waals surface area (Å²) in [4.78, 5) is 35.3. The summed E-state index contributed by atoms with van der Waals surface area (Å²) in [7, 11) is 0. The van der Waals surface area contributed by atoms with Gasteiger partial charge in [0.05, 0.1) is 13.1 Å². The molecule has 0 radical (unpaired) electrons. The molecule has 9 heteroatoms. The van der Waals surface area contributed by atoms with E-state index in [9.17, 15) is 19.6 Å². The standard InChI is InChI=1S/C17H24BrN3O5/c1-4-21(26,13-7-5-12(18)6-8-13)15(23)10-19-9-14(22)20-16(11(2)3)17(24)25/h5-8,11,16,19H,4,9-10H2,1-3H3,(H,20,22)(H,24,25). The Hall–Kier alpha value is -1.81. The fourth-order valence-corrected chi connectivity index (χ4v) is 2.60. The SMILES string of the molecule is CC[N+]([O-])(C(=O)CNCC(=O)NC(C(=O)O)C(C)C)c1ccc(Br)cc1. The van der Waals surface area contributed by atoms with E-state index in [1.165, 1.54) is 0 Å². The molecule has 0 aliphatic rings. The van der Waals surface area contributed by atoms with E-state index >= 15 is 0 Å². The van der Waals surface area contributed by atoms with Crippen LogP contribution in [0.4, 0.5) is 5.69 Å². The number of benzene rings is 1.